The van der Waals surface area contributed by atoms with Crippen LogP contribution in [0, 0.1) is 13.8 Å². The number of amides is 2. The first-order valence-electron chi connectivity index (χ1n) is 15.0. The van der Waals surface area contributed by atoms with E-state index in [-0.39, 0.29) is 35.5 Å². The summed E-state index contributed by atoms with van der Waals surface area (Å²) in [7, 11) is -2.69. The predicted octanol–water partition coefficient (Wildman–Crippen LogP) is 6.33. The van der Waals surface area contributed by atoms with Crippen molar-refractivity contribution in [3.63, 3.8) is 0 Å². The third kappa shape index (κ3) is 8.68. The van der Waals surface area contributed by atoms with Crippen molar-refractivity contribution in [1.29, 1.82) is 0 Å². The highest BCUT2D eigenvalue weighted by Crippen LogP contribution is 2.30. The van der Waals surface area contributed by atoms with E-state index in [0.29, 0.717) is 16.3 Å². The zero-order chi connectivity index (χ0) is 33.4. The van der Waals surface area contributed by atoms with Crippen LogP contribution in [0.5, 0.6) is 5.75 Å². The van der Waals surface area contributed by atoms with Gasteiger partial charge in [0.1, 0.15) is 18.3 Å². The Hall–Kier alpha value is -4.34. The first-order chi connectivity index (χ1) is 21.9. The highest BCUT2D eigenvalue weighted by atomic mass is 35.5. The normalized spacial score (nSPS) is 12.0. The molecule has 0 spiro atoms. The van der Waals surface area contributed by atoms with Gasteiger partial charge in [-0.05, 0) is 80.8 Å². The molecular formula is C36H40ClN3O5S. The van der Waals surface area contributed by atoms with Crippen molar-refractivity contribution in [3.8, 4) is 5.75 Å². The van der Waals surface area contributed by atoms with Gasteiger partial charge < -0.3 is 15.0 Å². The number of hydrogen-bond acceptors (Lipinski definition) is 5. The van der Waals surface area contributed by atoms with Gasteiger partial charge in [0.2, 0.25) is 11.8 Å². The first-order valence-corrected chi connectivity index (χ1v) is 16.8. The lowest BCUT2D eigenvalue weighted by atomic mass is 10.0. The summed E-state index contributed by atoms with van der Waals surface area (Å²) in [6.07, 6.45) is 0.218. The van der Waals surface area contributed by atoms with E-state index in [2.05, 4.69) is 5.32 Å². The Morgan fingerprint density at radius 1 is 0.870 bits per heavy atom. The number of halogens is 1. The van der Waals surface area contributed by atoms with Gasteiger partial charge in [0, 0.05) is 24.0 Å². The molecule has 0 aromatic heterocycles. The number of carbonyl (C=O) groups is 2. The number of nitrogens with zero attached hydrogens (tertiary/aromatic N) is 2. The zero-order valence-corrected chi connectivity index (χ0v) is 28.3. The molecule has 4 aromatic rings. The first kappa shape index (κ1) is 34.5. The quantitative estimate of drug-likeness (QED) is 0.181. The van der Waals surface area contributed by atoms with Crippen LogP contribution in [0.25, 0.3) is 0 Å². The molecule has 2 amide bonds. The number of benzene rings is 4. The Morgan fingerprint density at radius 3 is 2.20 bits per heavy atom. The van der Waals surface area contributed by atoms with Crippen molar-refractivity contribution in [2.45, 2.75) is 57.6 Å². The van der Waals surface area contributed by atoms with Gasteiger partial charge in [0.05, 0.1) is 17.7 Å². The lowest BCUT2D eigenvalue weighted by Crippen LogP contribution is -2.54. The highest BCUT2D eigenvalue weighted by Gasteiger charge is 2.35. The molecule has 1 N–H and O–H groups in total. The summed E-state index contributed by atoms with van der Waals surface area (Å²) < 4.78 is 35.0. The zero-order valence-electron chi connectivity index (χ0n) is 26.7. The van der Waals surface area contributed by atoms with E-state index in [0.717, 1.165) is 21.0 Å². The molecule has 4 aromatic carbocycles. The average Bonchev–Trinajstić information content (AvgIpc) is 3.03. The van der Waals surface area contributed by atoms with Crippen LogP contribution >= 0.6 is 11.6 Å². The lowest BCUT2D eigenvalue weighted by molar-refractivity contribution is -0.140. The molecule has 0 aliphatic heterocycles. The molecule has 0 heterocycles. The van der Waals surface area contributed by atoms with Gasteiger partial charge >= 0.3 is 0 Å². The van der Waals surface area contributed by atoms with Gasteiger partial charge in [-0.1, -0.05) is 77.8 Å². The van der Waals surface area contributed by atoms with Crippen molar-refractivity contribution in [3.05, 3.63) is 124 Å². The second-order valence-corrected chi connectivity index (χ2v) is 13.8. The summed E-state index contributed by atoms with van der Waals surface area (Å²) >= 11 is 6.36. The number of rotatable bonds is 13. The average molecular weight is 662 g/mol. The highest BCUT2D eigenvalue weighted by molar-refractivity contribution is 7.92. The van der Waals surface area contributed by atoms with Crippen LogP contribution < -0.4 is 14.4 Å². The Kier molecular flexibility index (Phi) is 11.5. The number of methoxy groups -OCH3 is 1. The molecule has 242 valence electrons. The third-order valence-electron chi connectivity index (χ3n) is 7.52. The van der Waals surface area contributed by atoms with E-state index in [4.69, 9.17) is 16.3 Å². The molecule has 4 rings (SSSR count). The monoisotopic (exact) mass is 661 g/mol. The Balaban J connectivity index is 1.84. The summed E-state index contributed by atoms with van der Waals surface area (Å²) in [5.74, 6) is -0.311. The number of hydrogen-bond donors (Lipinski definition) is 1. The minimum absolute atomic E-state index is 0.0306. The molecule has 46 heavy (non-hydrogen) atoms. The Morgan fingerprint density at radius 2 is 1.54 bits per heavy atom. The molecule has 0 fully saturated rings. The van der Waals surface area contributed by atoms with Crippen LogP contribution in [0.3, 0.4) is 0 Å². The molecule has 0 bridgehead atoms. The molecule has 10 heteroatoms. The fraction of sp³-hybridized carbons (Fsp3) is 0.278. The van der Waals surface area contributed by atoms with Crippen molar-refractivity contribution < 1.29 is 22.7 Å². The van der Waals surface area contributed by atoms with Gasteiger partial charge in [0.25, 0.3) is 10.0 Å². The molecule has 0 radical (unpaired) electrons. The number of aryl methyl sites for hydroxylation is 2. The van der Waals surface area contributed by atoms with Crippen molar-refractivity contribution in [1.82, 2.24) is 10.2 Å². The summed E-state index contributed by atoms with van der Waals surface area (Å²) in [5.41, 5.74) is 3.35. The van der Waals surface area contributed by atoms with Gasteiger partial charge in [0.15, 0.2) is 0 Å². The van der Waals surface area contributed by atoms with E-state index >= 15 is 0 Å². The SMILES string of the molecule is COc1cccc(CN(C(=O)CN(c2cc(Cl)ccc2C)S(=O)(=O)c2ccc(C)cc2)[C@@H](Cc2ccccc2)C(=O)NC(C)C)c1. The van der Waals surface area contributed by atoms with Gasteiger partial charge in [-0.25, -0.2) is 8.42 Å². The summed E-state index contributed by atoms with van der Waals surface area (Å²) in [5, 5.41) is 3.29. The second-order valence-electron chi connectivity index (χ2n) is 11.5. The maximum atomic E-state index is 14.6. The minimum Gasteiger partial charge on any atom is -0.497 e. The van der Waals surface area contributed by atoms with Gasteiger partial charge in [-0.15, -0.1) is 0 Å². The van der Waals surface area contributed by atoms with E-state index < -0.39 is 28.5 Å². The van der Waals surface area contributed by atoms with Crippen LogP contribution in [-0.2, 0) is 32.6 Å². The summed E-state index contributed by atoms with van der Waals surface area (Å²) in [4.78, 5) is 29.9. The predicted molar refractivity (Wildman–Crippen MR) is 183 cm³/mol. The van der Waals surface area contributed by atoms with Crippen LogP contribution in [0.4, 0.5) is 5.69 Å². The van der Waals surface area contributed by atoms with Crippen LogP contribution in [-0.4, -0.2) is 50.9 Å². The number of ether oxygens (including phenoxy) is 1. The number of sulfonamides is 1. The molecule has 0 aliphatic carbocycles. The number of anilines is 1. The molecule has 0 saturated carbocycles. The lowest BCUT2D eigenvalue weighted by Gasteiger charge is -2.34. The van der Waals surface area contributed by atoms with Crippen molar-refractivity contribution in [2.75, 3.05) is 18.0 Å². The Labute approximate surface area is 277 Å². The molecule has 0 aliphatic rings. The van der Waals surface area contributed by atoms with Gasteiger partial charge in [-0.2, -0.15) is 0 Å². The number of nitrogens with one attached hydrogen (secondary N) is 1. The summed E-state index contributed by atoms with van der Waals surface area (Å²) in [6, 6.07) is 26.9. The Bertz CT molecular complexity index is 1760. The number of carbonyl (C=O) groups excluding carboxylic acids is 2. The van der Waals surface area contributed by atoms with Crippen molar-refractivity contribution in [2.24, 2.45) is 0 Å². The fourth-order valence-electron chi connectivity index (χ4n) is 5.10. The van der Waals surface area contributed by atoms with Crippen LogP contribution in [0.15, 0.2) is 102 Å². The van der Waals surface area contributed by atoms with Gasteiger partial charge in [-0.3, -0.25) is 13.9 Å². The van der Waals surface area contributed by atoms with E-state index in [9.17, 15) is 18.0 Å². The van der Waals surface area contributed by atoms with Crippen molar-refractivity contribution >= 4 is 39.1 Å². The molecule has 0 unspecified atom stereocenters. The maximum Gasteiger partial charge on any atom is 0.264 e. The van der Waals surface area contributed by atoms with E-state index in [1.807, 2.05) is 57.2 Å². The smallest absolute Gasteiger partial charge is 0.264 e. The topological polar surface area (TPSA) is 96.0 Å². The minimum atomic E-state index is -4.24. The van der Waals surface area contributed by atoms with E-state index in [1.54, 1.807) is 56.5 Å². The third-order valence-corrected chi connectivity index (χ3v) is 9.53. The van der Waals surface area contributed by atoms with Crippen LogP contribution in [0.2, 0.25) is 5.02 Å². The standard InChI is InChI=1S/C36H40ClN3O5S/c1-25(2)38-36(42)34(21-28-10-7-6-8-11-28)39(23-29-12-9-13-31(20-29)45-5)35(41)24-40(33-22-30(37)17-16-27(33)4)46(43,44)32-18-14-26(3)15-19-32/h6-20,22,25,34H,21,23-24H2,1-5H3,(H,38,42)/t34-/m0/s1. The largest absolute Gasteiger partial charge is 0.497 e. The summed E-state index contributed by atoms with van der Waals surface area (Å²) in [6.45, 7) is 6.79. The maximum absolute atomic E-state index is 14.6. The molecule has 1 atom stereocenters. The molecule has 0 saturated heterocycles. The van der Waals surface area contributed by atoms with Crippen LogP contribution in [0.1, 0.15) is 36.1 Å². The second kappa shape index (κ2) is 15.3. The fourth-order valence-corrected chi connectivity index (χ4v) is 6.74. The van der Waals surface area contributed by atoms with E-state index in [1.165, 1.54) is 23.1 Å². The molecule has 8 nitrogen and oxygen atoms in total. The molecular weight excluding hydrogens is 622 g/mol.